The molecule has 2 rings (SSSR count). The highest BCUT2D eigenvalue weighted by Crippen LogP contribution is 2.25. The molecule has 15 heavy (non-hydrogen) atoms. The second kappa shape index (κ2) is 4.24. The van der Waals surface area contributed by atoms with Crippen LogP contribution < -0.4 is 0 Å². The number of carbonyl (C=O) groups excluding carboxylic acids is 1. The number of hydrogen-bond acceptors (Lipinski definition) is 3. The summed E-state index contributed by atoms with van der Waals surface area (Å²) in [5, 5.41) is 1.89. The quantitative estimate of drug-likeness (QED) is 0.790. The molecule has 76 valence electrons. The monoisotopic (exact) mass is 281 g/mol. The first kappa shape index (κ1) is 10.5. The predicted octanol–water partition coefficient (Wildman–Crippen LogP) is 3.45. The summed E-state index contributed by atoms with van der Waals surface area (Å²) in [4.78, 5) is 16.8. The fraction of sp³-hybridized carbons (Fsp3) is 0.0909. The average Bonchev–Trinajstić information content (AvgIpc) is 2.63. The number of aryl methyl sites for hydroxylation is 1. The van der Waals surface area contributed by atoms with Crippen molar-refractivity contribution in [2.24, 2.45) is 0 Å². The van der Waals surface area contributed by atoms with Gasteiger partial charge < -0.3 is 0 Å². The van der Waals surface area contributed by atoms with Crippen LogP contribution >= 0.6 is 27.3 Å². The van der Waals surface area contributed by atoms with E-state index in [0.29, 0.717) is 5.56 Å². The fourth-order valence-corrected chi connectivity index (χ4v) is 2.79. The van der Waals surface area contributed by atoms with E-state index in [0.717, 1.165) is 15.0 Å². The minimum atomic E-state index is 0.0439. The van der Waals surface area contributed by atoms with Gasteiger partial charge in [0.05, 0.1) is 4.88 Å². The molecule has 0 fully saturated rings. The van der Waals surface area contributed by atoms with E-state index in [1.807, 2.05) is 18.4 Å². The summed E-state index contributed by atoms with van der Waals surface area (Å²) >= 11 is 4.80. The molecule has 0 saturated heterocycles. The van der Waals surface area contributed by atoms with Gasteiger partial charge in [-0.3, -0.25) is 9.78 Å². The van der Waals surface area contributed by atoms with Crippen LogP contribution in [-0.2, 0) is 0 Å². The fourth-order valence-electron chi connectivity index (χ4n) is 1.27. The van der Waals surface area contributed by atoms with E-state index in [4.69, 9.17) is 0 Å². The largest absolute Gasteiger partial charge is 0.288 e. The average molecular weight is 282 g/mol. The molecule has 0 aliphatic rings. The van der Waals surface area contributed by atoms with Gasteiger partial charge in [-0.25, -0.2) is 0 Å². The summed E-state index contributed by atoms with van der Waals surface area (Å²) in [5.74, 6) is 0.0439. The SMILES string of the molecule is Cc1cc(C(=O)c2sccc2Br)ccn1. The Morgan fingerprint density at radius 3 is 2.87 bits per heavy atom. The normalized spacial score (nSPS) is 10.3. The molecule has 4 heteroatoms. The smallest absolute Gasteiger partial charge is 0.204 e. The lowest BCUT2D eigenvalue weighted by atomic mass is 10.1. The number of thiophene rings is 1. The van der Waals surface area contributed by atoms with Crippen LogP contribution in [0, 0.1) is 6.92 Å². The summed E-state index contributed by atoms with van der Waals surface area (Å²) in [6, 6.07) is 5.42. The van der Waals surface area contributed by atoms with E-state index >= 15 is 0 Å². The Bertz CT molecular complexity index is 507. The van der Waals surface area contributed by atoms with Crippen LogP contribution in [0.3, 0.4) is 0 Å². The van der Waals surface area contributed by atoms with Gasteiger partial charge in [-0.2, -0.15) is 0 Å². The van der Waals surface area contributed by atoms with E-state index in [2.05, 4.69) is 20.9 Å². The molecule has 0 bridgehead atoms. The Morgan fingerprint density at radius 1 is 1.47 bits per heavy atom. The van der Waals surface area contributed by atoms with Crippen LogP contribution in [0.15, 0.2) is 34.2 Å². The maximum absolute atomic E-state index is 12.0. The first-order valence-corrected chi connectivity index (χ1v) is 6.06. The van der Waals surface area contributed by atoms with Gasteiger partial charge in [-0.1, -0.05) is 0 Å². The Morgan fingerprint density at radius 2 is 2.27 bits per heavy atom. The predicted molar refractivity (Wildman–Crippen MR) is 64.4 cm³/mol. The molecule has 2 heterocycles. The number of carbonyl (C=O) groups is 1. The zero-order valence-corrected chi connectivity index (χ0v) is 10.4. The zero-order valence-electron chi connectivity index (χ0n) is 8.03. The molecule has 2 aromatic heterocycles. The molecule has 0 aliphatic carbocycles. The molecule has 0 saturated carbocycles. The standard InChI is InChI=1S/C11H8BrNOS/c1-7-6-8(2-4-13-7)10(14)11-9(12)3-5-15-11/h2-6H,1H3. The number of pyridine rings is 1. The lowest BCUT2D eigenvalue weighted by Crippen LogP contribution is -2.00. The van der Waals surface area contributed by atoms with Crippen molar-refractivity contribution in [2.75, 3.05) is 0 Å². The highest BCUT2D eigenvalue weighted by molar-refractivity contribution is 9.10. The number of aromatic nitrogens is 1. The molecule has 2 nitrogen and oxygen atoms in total. The van der Waals surface area contributed by atoms with Gasteiger partial charge in [0.25, 0.3) is 0 Å². The van der Waals surface area contributed by atoms with Gasteiger partial charge >= 0.3 is 0 Å². The number of halogens is 1. The lowest BCUT2D eigenvalue weighted by molar-refractivity contribution is 0.104. The Kier molecular flexibility index (Phi) is 2.98. The van der Waals surface area contributed by atoms with Crippen LogP contribution in [0.5, 0.6) is 0 Å². The highest BCUT2D eigenvalue weighted by Gasteiger charge is 2.13. The summed E-state index contributed by atoms with van der Waals surface area (Å²) in [7, 11) is 0. The number of ketones is 1. The molecule has 0 unspecified atom stereocenters. The third-order valence-corrected chi connectivity index (χ3v) is 3.82. The molecule has 0 spiro atoms. The molecule has 2 aromatic rings. The van der Waals surface area contributed by atoms with Crippen molar-refractivity contribution in [2.45, 2.75) is 6.92 Å². The number of hydrogen-bond donors (Lipinski definition) is 0. The van der Waals surface area contributed by atoms with Gasteiger partial charge in [0.2, 0.25) is 5.78 Å². The topological polar surface area (TPSA) is 30.0 Å². The Hall–Kier alpha value is -1.00. The number of nitrogens with zero attached hydrogens (tertiary/aromatic N) is 1. The second-order valence-electron chi connectivity index (χ2n) is 3.11. The molecule has 0 radical (unpaired) electrons. The highest BCUT2D eigenvalue weighted by atomic mass is 79.9. The summed E-state index contributed by atoms with van der Waals surface area (Å²) in [6.07, 6.45) is 1.66. The van der Waals surface area contributed by atoms with Crippen molar-refractivity contribution in [3.8, 4) is 0 Å². The first-order chi connectivity index (χ1) is 7.18. The third kappa shape index (κ3) is 2.16. The minimum absolute atomic E-state index is 0.0439. The van der Waals surface area contributed by atoms with Crippen LogP contribution in [0.4, 0.5) is 0 Å². The number of rotatable bonds is 2. The lowest BCUT2D eigenvalue weighted by Gasteiger charge is -1.99. The molecule has 0 amide bonds. The van der Waals surface area contributed by atoms with Crippen molar-refractivity contribution in [3.63, 3.8) is 0 Å². The third-order valence-electron chi connectivity index (χ3n) is 1.98. The van der Waals surface area contributed by atoms with Crippen LogP contribution in [0.2, 0.25) is 0 Å². The first-order valence-electron chi connectivity index (χ1n) is 4.39. The molecule has 0 atom stereocenters. The van der Waals surface area contributed by atoms with E-state index in [1.165, 1.54) is 11.3 Å². The maximum atomic E-state index is 12.0. The Labute approximate surface area is 100 Å². The minimum Gasteiger partial charge on any atom is -0.288 e. The van der Waals surface area contributed by atoms with Gasteiger partial charge in [-0.05, 0) is 46.4 Å². The summed E-state index contributed by atoms with van der Waals surface area (Å²) in [5.41, 5.74) is 1.54. The summed E-state index contributed by atoms with van der Waals surface area (Å²) < 4.78 is 0.854. The van der Waals surface area contributed by atoms with Crippen molar-refractivity contribution >= 4 is 33.0 Å². The molecular formula is C11H8BrNOS. The van der Waals surface area contributed by atoms with Crippen molar-refractivity contribution in [1.29, 1.82) is 0 Å². The van der Waals surface area contributed by atoms with E-state index in [9.17, 15) is 4.79 Å². The molecule has 0 aliphatic heterocycles. The van der Waals surface area contributed by atoms with Crippen LogP contribution in [0.1, 0.15) is 20.9 Å². The van der Waals surface area contributed by atoms with Crippen molar-refractivity contribution < 1.29 is 4.79 Å². The maximum Gasteiger partial charge on any atom is 0.204 e. The zero-order chi connectivity index (χ0) is 10.8. The van der Waals surface area contributed by atoms with E-state index in [-0.39, 0.29) is 5.78 Å². The van der Waals surface area contributed by atoms with Gasteiger partial charge in [-0.15, -0.1) is 11.3 Å². The molecular weight excluding hydrogens is 274 g/mol. The van der Waals surface area contributed by atoms with Gasteiger partial charge in [0.1, 0.15) is 0 Å². The van der Waals surface area contributed by atoms with Crippen molar-refractivity contribution in [1.82, 2.24) is 4.98 Å². The molecule has 0 aromatic carbocycles. The van der Waals surface area contributed by atoms with Gasteiger partial charge in [0.15, 0.2) is 0 Å². The second-order valence-corrected chi connectivity index (χ2v) is 4.88. The van der Waals surface area contributed by atoms with Gasteiger partial charge in [0, 0.05) is 21.9 Å². The van der Waals surface area contributed by atoms with E-state index in [1.54, 1.807) is 18.3 Å². The van der Waals surface area contributed by atoms with Crippen molar-refractivity contribution in [3.05, 3.63) is 50.4 Å². The van der Waals surface area contributed by atoms with E-state index < -0.39 is 0 Å². The Balaban J connectivity index is 2.41. The molecule has 0 N–H and O–H groups in total. The van der Waals surface area contributed by atoms with Crippen LogP contribution in [-0.4, -0.2) is 10.8 Å². The summed E-state index contributed by atoms with van der Waals surface area (Å²) in [6.45, 7) is 1.88. The van der Waals surface area contributed by atoms with Crippen LogP contribution in [0.25, 0.3) is 0 Å².